The summed E-state index contributed by atoms with van der Waals surface area (Å²) in [5.41, 5.74) is -0.0460. The van der Waals surface area contributed by atoms with E-state index >= 15 is 0 Å². The number of ether oxygens (including phenoxy) is 2. The number of carbonyl (C=O) groups is 1. The third-order valence-corrected chi connectivity index (χ3v) is 3.12. The quantitative estimate of drug-likeness (QED) is 0.834. The average molecular weight is 295 g/mol. The van der Waals surface area contributed by atoms with Crippen molar-refractivity contribution in [2.45, 2.75) is 32.8 Å². The van der Waals surface area contributed by atoms with Gasteiger partial charge >= 0.3 is 0 Å². The number of amides is 1. The Labute approximate surface area is 126 Å². The first-order chi connectivity index (χ1) is 9.80. The van der Waals surface area contributed by atoms with Crippen LogP contribution in [0.3, 0.4) is 0 Å². The Bertz CT molecular complexity index is 480. The van der Waals surface area contributed by atoms with Crippen molar-refractivity contribution in [1.29, 1.82) is 0 Å². The van der Waals surface area contributed by atoms with E-state index in [-0.39, 0.29) is 12.3 Å². The van der Waals surface area contributed by atoms with E-state index in [1.54, 1.807) is 45.1 Å². The van der Waals surface area contributed by atoms with E-state index in [2.05, 4.69) is 0 Å². The van der Waals surface area contributed by atoms with Crippen LogP contribution in [0.5, 0.6) is 11.5 Å². The Kier molecular flexibility index (Phi) is 6.03. The molecule has 0 aliphatic rings. The van der Waals surface area contributed by atoms with Gasteiger partial charge in [0.1, 0.15) is 0 Å². The molecule has 0 saturated heterocycles. The fraction of sp³-hybridized carbons (Fsp3) is 0.562. The first-order valence-corrected chi connectivity index (χ1v) is 7.01. The highest BCUT2D eigenvalue weighted by Crippen LogP contribution is 2.27. The number of hydrogen-bond donors (Lipinski definition) is 1. The lowest BCUT2D eigenvalue weighted by molar-refractivity contribution is -0.133. The zero-order chi connectivity index (χ0) is 16.0. The lowest BCUT2D eigenvalue weighted by atomic mass is 10.1. The van der Waals surface area contributed by atoms with E-state index in [1.165, 1.54) is 0 Å². The number of benzene rings is 1. The maximum Gasteiger partial charge on any atom is 0.227 e. The highest BCUT2D eigenvalue weighted by atomic mass is 16.5. The summed E-state index contributed by atoms with van der Waals surface area (Å²) in [4.78, 5) is 14.0. The molecule has 1 rings (SSSR count). The van der Waals surface area contributed by atoms with Crippen molar-refractivity contribution in [1.82, 2.24) is 4.90 Å². The molecule has 5 heteroatoms. The molecule has 0 radical (unpaired) electrons. The van der Waals surface area contributed by atoms with Gasteiger partial charge < -0.3 is 19.5 Å². The number of nitrogens with zero attached hydrogens (tertiary/aromatic N) is 1. The van der Waals surface area contributed by atoms with E-state index < -0.39 is 5.60 Å². The molecule has 0 aliphatic carbocycles. The third kappa shape index (κ3) is 5.27. The predicted octanol–water partition coefficient (Wildman–Crippen LogP) is 1.87. The summed E-state index contributed by atoms with van der Waals surface area (Å²) in [6.45, 7) is 6.17. The highest BCUT2D eigenvalue weighted by Gasteiger charge is 2.21. The van der Waals surface area contributed by atoms with Crippen molar-refractivity contribution in [3.05, 3.63) is 23.8 Å². The van der Waals surface area contributed by atoms with Crippen LogP contribution in [0.4, 0.5) is 0 Å². The summed E-state index contributed by atoms with van der Waals surface area (Å²) < 4.78 is 10.4. The van der Waals surface area contributed by atoms with Gasteiger partial charge in [0.15, 0.2) is 11.5 Å². The van der Waals surface area contributed by atoms with Crippen LogP contribution in [0.15, 0.2) is 18.2 Å². The van der Waals surface area contributed by atoms with Crippen molar-refractivity contribution >= 4 is 5.91 Å². The SMILES string of the molecule is CCN(CC(C)(C)O)C(=O)Cc1ccc(OC)c(OC)c1. The van der Waals surface area contributed by atoms with Crippen LogP contribution in [0, 0.1) is 0 Å². The van der Waals surface area contributed by atoms with E-state index in [9.17, 15) is 9.90 Å². The standard InChI is InChI=1S/C16H25NO4/c1-6-17(11-16(2,3)19)15(18)10-12-7-8-13(20-4)14(9-12)21-5/h7-9,19H,6,10-11H2,1-5H3. The van der Waals surface area contributed by atoms with Crippen LogP contribution in [0.25, 0.3) is 0 Å². The summed E-state index contributed by atoms with van der Waals surface area (Å²) in [6.07, 6.45) is 0.268. The fourth-order valence-electron chi connectivity index (χ4n) is 2.12. The summed E-state index contributed by atoms with van der Waals surface area (Å²) >= 11 is 0. The molecule has 1 amide bonds. The Morgan fingerprint density at radius 3 is 2.33 bits per heavy atom. The summed E-state index contributed by atoms with van der Waals surface area (Å²) in [5, 5.41) is 9.85. The van der Waals surface area contributed by atoms with Crippen LogP contribution in [-0.4, -0.2) is 48.8 Å². The van der Waals surface area contributed by atoms with Gasteiger partial charge in [-0.1, -0.05) is 6.07 Å². The number of carbonyl (C=O) groups excluding carboxylic acids is 1. The molecule has 1 aromatic rings. The maximum absolute atomic E-state index is 12.3. The second kappa shape index (κ2) is 7.31. The molecule has 0 atom stereocenters. The molecule has 0 unspecified atom stereocenters. The van der Waals surface area contributed by atoms with Gasteiger partial charge in [0.05, 0.1) is 26.2 Å². The molecule has 1 N–H and O–H groups in total. The van der Waals surface area contributed by atoms with Crippen molar-refractivity contribution in [3.8, 4) is 11.5 Å². The largest absolute Gasteiger partial charge is 0.493 e. The van der Waals surface area contributed by atoms with E-state index in [4.69, 9.17) is 9.47 Å². The molecule has 0 aliphatic heterocycles. The van der Waals surface area contributed by atoms with Gasteiger partial charge in [-0.2, -0.15) is 0 Å². The predicted molar refractivity (Wildman–Crippen MR) is 81.8 cm³/mol. The van der Waals surface area contributed by atoms with Crippen LogP contribution < -0.4 is 9.47 Å². The van der Waals surface area contributed by atoms with Gasteiger partial charge in [0, 0.05) is 13.1 Å². The van der Waals surface area contributed by atoms with Crippen LogP contribution >= 0.6 is 0 Å². The fourth-order valence-corrected chi connectivity index (χ4v) is 2.12. The molecular weight excluding hydrogens is 270 g/mol. The lowest BCUT2D eigenvalue weighted by Crippen LogP contribution is -2.42. The number of likely N-dealkylation sites (N-methyl/N-ethyl adjacent to an activating group) is 1. The first-order valence-electron chi connectivity index (χ1n) is 7.01. The molecule has 0 spiro atoms. The summed E-state index contributed by atoms with van der Waals surface area (Å²) in [6, 6.07) is 5.43. The van der Waals surface area contributed by atoms with Gasteiger partial charge in [0.2, 0.25) is 5.91 Å². The highest BCUT2D eigenvalue weighted by molar-refractivity contribution is 5.79. The number of aliphatic hydroxyl groups is 1. The van der Waals surface area contributed by atoms with Crippen molar-refractivity contribution in [3.63, 3.8) is 0 Å². The Hall–Kier alpha value is -1.75. The normalized spacial score (nSPS) is 11.1. The molecular formula is C16H25NO4. The van der Waals surface area contributed by atoms with Gasteiger partial charge in [-0.3, -0.25) is 4.79 Å². The molecule has 1 aromatic carbocycles. The molecule has 0 bridgehead atoms. The van der Waals surface area contributed by atoms with E-state index in [0.29, 0.717) is 24.6 Å². The topological polar surface area (TPSA) is 59.0 Å². The smallest absolute Gasteiger partial charge is 0.227 e. The van der Waals surface area contributed by atoms with Gasteiger partial charge in [0.25, 0.3) is 0 Å². The minimum absolute atomic E-state index is 0.0214. The van der Waals surface area contributed by atoms with E-state index in [1.807, 2.05) is 13.0 Å². The molecule has 0 aromatic heterocycles. The van der Waals surface area contributed by atoms with Crippen molar-refractivity contribution in [2.75, 3.05) is 27.3 Å². The second-order valence-corrected chi connectivity index (χ2v) is 5.59. The summed E-state index contributed by atoms with van der Waals surface area (Å²) in [5.74, 6) is 1.22. The monoisotopic (exact) mass is 295 g/mol. The van der Waals surface area contributed by atoms with Crippen LogP contribution in [0.2, 0.25) is 0 Å². The maximum atomic E-state index is 12.3. The Balaban J connectivity index is 2.82. The second-order valence-electron chi connectivity index (χ2n) is 5.59. The van der Waals surface area contributed by atoms with Gasteiger partial charge in [-0.15, -0.1) is 0 Å². The van der Waals surface area contributed by atoms with Gasteiger partial charge in [-0.05, 0) is 38.5 Å². The Morgan fingerprint density at radius 2 is 1.86 bits per heavy atom. The van der Waals surface area contributed by atoms with Crippen molar-refractivity contribution < 1.29 is 19.4 Å². The molecule has 0 fully saturated rings. The average Bonchev–Trinajstić information content (AvgIpc) is 2.43. The van der Waals surface area contributed by atoms with Crippen LogP contribution in [0.1, 0.15) is 26.3 Å². The van der Waals surface area contributed by atoms with E-state index in [0.717, 1.165) is 5.56 Å². The molecule has 118 valence electrons. The number of hydrogen-bond acceptors (Lipinski definition) is 4. The van der Waals surface area contributed by atoms with Crippen LogP contribution in [-0.2, 0) is 11.2 Å². The Morgan fingerprint density at radius 1 is 1.24 bits per heavy atom. The zero-order valence-electron chi connectivity index (χ0n) is 13.5. The molecule has 21 heavy (non-hydrogen) atoms. The lowest BCUT2D eigenvalue weighted by Gasteiger charge is -2.28. The number of rotatable bonds is 7. The first kappa shape index (κ1) is 17.3. The van der Waals surface area contributed by atoms with Gasteiger partial charge in [-0.25, -0.2) is 0 Å². The summed E-state index contributed by atoms with van der Waals surface area (Å²) in [7, 11) is 3.14. The molecule has 0 saturated carbocycles. The zero-order valence-corrected chi connectivity index (χ0v) is 13.5. The minimum Gasteiger partial charge on any atom is -0.493 e. The molecule has 5 nitrogen and oxygen atoms in total. The van der Waals surface area contributed by atoms with Crippen molar-refractivity contribution in [2.24, 2.45) is 0 Å². The minimum atomic E-state index is -0.900. The third-order valence-electron chi connectivity index (χ3n) is 3.12. The number of methoxy groups -OCH3 is 2. The molecule has 0 heterocycles.